The van der Waals surface area contributed by atoms with Crippen LogP contribution in [0.1, 0.15) is 11.3 Å². The third-order valence-corrected chi connectivity index (χ3v) is 6.23. The van der Waals surface area contributed by atoms with Crippen molar-refractivity contribution in [3.8, 4) is 5.75 Å². The number of likely N-dealkylation sites (tertiary alicyclic amines) is 1. The van der Waals surface area contributed by atoms with Gasteiger partial charge >= 0.3 is 0 Å². The molecule has 0 radical (unpaired) electrons. The minimum Gasteiger partial charge on any atom is -0.497 e. The molecule has 4 atom stereocenters. The highest BCUT2D eigenvalue weighted by atomic mass is 16.5. The van der Waals surface area contributed by atoms with Crippen molar-refractivity contribution in [2.45, 2.75) is 24.8 Å². The molecule has 30 heavy (non-hydrogen) atoms. The summed E-state index contributed by atoms with van der Waals surface area (Å²) in [5, 5.41) is 3.68. The maximum atomic E-state index is 13.4. The molecular formula is C22H23N3O5. The highest BCUT2D eigenvalue weighted by molar-refractivity contribution is 5.93. The zero-order chi connectivity index (χ0) is 20.9. The van der Waals surface area contributed by atoms with Crippen molar-refractivity contribution >= 4 is 11.8 Å². The molecule has 0 aliphatic carbocycles. The third-order valence-electron chi connectivity index (χ3n) is 6.23. The maximum Gasteiger partial charge on any atom is 0.230 e. The molecule has 2 fully saturated rings. The first kappa shape index (κ1) is 18.9. The number of methoxy groups -OCH3 is 1. The Morgan fingerprint density at radius 2 is 2.27 bits per heavy atom. The summed E-state index contributed by atoms with van der Waals surface area (Å²) in [4.78, 5) is 30.0. The lowest BCUT2D eigenvalue weighted by Crippen LogP contribution is -2.44. The van der Waals surface area contributed by atoms with E-state index in [2.05, 4.69) is 5.16 Å². The number of benzene rings is 1. The third kappa shape index (κ3) is 2.90. The van der Waals surface area contributed by atoms with E-state index >= 15 is 0 Å². The lowest BCUT2D eigenvalue weighted by Gasteiger charge is -2.27. The summed E-state index contributed by atoms with van der Waals surface area (Å²) in [6.07, 6.45) is 5.06. The molecule has 0 N–H and O–H groups in total. The standard InChI is InChI=1S/C22H23N3O5/c1-24(12-16-7-9-23-30-16)20(26)18-17-6-8-22(29-17)13-25(21(27)19(18)22)11-14-4-3-5-15(10-14)28-2/h3-10,17-19H,11-13H2,1-2H3/t17-,18?,19?,22-/m0/s1. The first-order valence-corrected chi connectivity index (χ1v) is 9.94. The van der Waals surface area contributed by atoms with Gasteiger partial charge in [-0.1, -0.05) is 29.4 Å². The molecule has 1 aromatic carbocycles. The van der Waals surface area contributed by atoms with Gasteiger partial charge in [-0.2, -0.15) is 0 Å². The molecule has 3 aliphatic heterocycles. The molecule has 1 aromatic heterocycles. The minimum atomic E-state index is -0.728. The quantitative estimate of drug-likeness (QED) is 0.674. The number of hydrogen-bond acceptors (Lipinski definition) is 6. The van der Waals surface area contributed by atoms with E-state index < -0.39 is 17.4 Å². The zero-order valence-electron chi connectivity index (χ0n) is 16.9. The molecule has 3 aliphatic rings. The topological polar surface area (TPSA) is 85.1 Å². The Morgan fingerprint density at radius 3 is 3.03 bits per heavy atom. The lowest BCUT2D eigenvalue weighted by atomic mass is 9.76. The van der Waals surface area contributed by atoms with Gasteiger partial charge < -0.3 is 23.8 Å². The van der Waals surface area contributed by atoms with Crippen LogP contribution >= 0.6 is 0 Å². The lowest BCUT2D eigenvalue weighted by molar-refractivity contribution is -0.143. The summed E-state index contributed by atoms with van der Waals surface area (Å²) in [5.74, 6) is 0.128. The molecular weight excluding hydrogens is 386 g/mol. The second kappa shape index (κ2) is 6.98. The van der Waals surface area contributed by atoms with E-state index in [-0.39, 0.29) is 17.9 Å². The van der Waals surface area contributed by atoms with Gasteiger partial charge in [0.2, 0.25) is 11.8 Å². The molecule has 156 valence electrons. The molecule has 2 amide bonds. The predicted octanol–water partition coefficient (Wildman–Crippen LogP) is 1.62. The molecule has 8 nitrogen and oxygen atoms in total. The fourth-order valence-corrected chi connectivity index (χ4v) is 4.88. The summed E-state index contributed by atoms with van der Waals surface area (Å²) >= 11 is 0. The number of rotatable bonds is 6. The molecule has 2 unspecified atom stereocenters. The summed E-state index contributed by atoms with van der Waals surface area (Å²) < 4.78 is 16.6. The van der Waals surface area contributed by atoms with Crippen LogP contribution in [0.4, 0.5) is 0 Å². The van der Waals surface area contributed by atoms with Crippen molar-refractivity contribution in [3.63, 3.8) is 0 Å². The molecule has 5 rings (SSSR count). The van der Waals surface area contributed by atoms with E-state index in [1.807, 2.05) is 36.4 Å². The van der Waals surface area contributed by atoms with Gasteiger partial charge in [-0.3, -0.25) is 9.59 Å². The van der Waals surface area contributed by atoms with Crippen molar-refractivity contribution in [1.82, 2.24) is 15.0 Å². The zero-order valence-corrected chi connectivity index (χ0v) is 16.9. The Balaban J connectivity index is 1.36. The van der Waals surface area contributed by atoms with E-state index in [9.17, 15) is 9.59 Å². The number of fused-ring (bicyclic) bond motifs is 1. The fourth-order valence-electron chi connectivity index (χ4n) is 4.88. The van der Waals surface area contributed by atoms with Crippen LogP contribution in [0.3, 0.4) is 0 Å². The highest BCUT2D eigenvalue weighted by Gasteiger charge is 2.67. The average Bonchev–Trinajstić information content (AvgIpc) is 3.51. The van der Waals surface area contributed by atoms with E-state index in [0.29, 0.717) is 25.4 Å². The van der Waals surface area contributed by atoms with Gasteiger partial charge in [0, 0.05) is 19.7 Å². The second-order valence-corrected chi connectivity index (χ2v) is 8.12. The first-order chi connectivity index (χ1) is 14.5. The van der Waals surface area contributed by atoms with Crippen LogP contribution < -0.4 is 4.74 Å². The van der Waals surface area contributed by atoms with Gasteiger partial charge in [-0.05, 0) is 17.7 Å². The van der Waals surface area contributed by atoms with Gasteiger partial charge in [-0.15, -0.1) is 0 Å². The van der Waals surface area contributed by atoms with Crippen LogP contribution in [0.25, 0.3) is 0 Å². The van der Waals surface area contributed by atoms with Gasteiger partial charge in [0.25, 0.3) is 0 Å². The van der Waals surface area contributed by atoms with Crippen molar-refractivity contribution in [2.24, 2.45) is 11.8 Å². The van der Waals surface area contributed by atoms with E-state index in [4.69, 9.17) is 14.0 Å². The van der Waals surface area contributed by atoms with Gasteiger partial charge in [-0.25, -0.2) is 0 Å². The fraction of sp³-hybridized carbons (Fsp3) is 0.409. The minimum absolute atomic E-state index is 0.0453. The Labute approximate surface area is 174 Å². The normalized spacial score (nSPS) is 28.8. The number of aromatic nitrogens is 1. The van der Waals surface area contributed by atoms with Gasteiger partial charge in [0.15, 0.2) is 5.76 Å². The molecule has 2 aromatic rings. The van der Waals surface area contributed by atoms with Crippen LogP contribution in [0, 0.1) is 11.8 Å². The molecule has 2 saturated heterocycles. The number of ether oxygens (including phenoxy) is 2. The summed E-state index contributed by atoms with van der Waals surface area (Å²) in [6.45, 7) is 1.19. The van der Waals surface area contributed by atoms with Gasteiger partial charge in [0.05, 0.1) is 44.3 Å². The van der Waals surface area contributed by atoms with E-state index in [1.54, 1.807) is 36.2 Å². The van der Waals surface area contributed by atoms with E-state index in [1.165, 1.54) is 0 Å². The molecule has 1 spiro atoms. The number of carbonyl (C=O) groups is 2. The Morgan fingerprint density at radius 1 is 1.40 bits per heavy atom. The summed E-state index contributed by atoms with van der Waals surface area (Å²) in [7, 11) is 3.33. The summed E-state index contributed by atoms with van der Waals surface area (Å²) in [5.41, 5.74) is 0.247. The van der Waals surface area contributed by atoms with Gasteiger partial charge in [0.1, 0.15) is 11.4 Å². The molecule has 2 bridgehead atoms. The summed E-state index contributed by atoms with van der Waals surface area (Å²) in [6, 6.07) is 9.37. The van der Waals surface area contributed by atoms with Crippen LogP contribution in [-0.2, 0) is 27.4 Å². The molecule has 8 heteroatoms. The first-order valence-electron chi connectivity index (χ1n) is 9.94. The van der Waals surface area contributed by atoms with Crippen molar-refractivity contribution in [3.05, 3.63) is 60.0 Å². The van der Waals surface area contributed by atoms with Crippen LogP contribution in [0.2, 0.25) is 0 Å². The smallest absolute Gasteiger partial charge is 0.230 e. The number of hydrogen-bond donors (Lipinski definition) is 0. The Kier molecular flexibility index (Phi) is 4.39. The number of carbonyl (C=O) groups excluding carboxylic acids is 2. The Hall–Kier alpha value is -3.13. The highest BCUT2D eigenvalue weighted by Crippen LogP contribution is 2.52. The monoisotopic (exact) mass is 409 g/mol. The predicted molar refractivity (Wildman–Crippen MR) is 105 cm³/mol. The Bertz CT molecular complexity index is 1000. The molecule has 0 saturated carbocycles. The van der Waals surface area contributed by atoms with Crippen LogP contribution in [0.5, 0.6) is 5.75 Å². The molecule has 4 heterocycles. The van der Waals surface area contributed by atoms with Crippen LogP contribution in [0.15, 0.2) is 53.2 Å². The maximum absolute atomic E-state index is 13.4. The van der Waals surface area contributed by atoms with Crippen molar-refractivity contribution in [2.75, 3.05) is 20.7 Å². The number of nitrogens with zero attached hydrogens (tertiary/aromatic N) is 3. The van der Waals surface area contributed by atoms with Crippen molar-refractivity contribution in [1.29, 1.82) is 0 Å². The second-order valence-electron chi connectivity index (χ2n) is 8.12. The van der Waals surface area contributed by atoms with E-state index in [0.717, 1.165) is 11.3 Å². The van der Waals surface area contributed by atoms with Crippen molar-refractivity contribution < 1.29 is 23.6 Å². The SMILES string of the molecule is COc1cccc(CN2C[C@]34C=C[C@H](O3)C(C(=O)N(C)Cc3ccno3)C4C2=O)c1. The number of amides is 2. The largest absolute Gasteiger partial charge is 0.497 e. The van der Waals surface area contributed by atoms with Crippen LogP contribution in [-0.4, -0.2) is 59.2 Å². The average molecular weight is 409 g/mol.